The van der Waals surface area contributed by atoms with Gasteiger partial charge in [0.05, 0.1) is 16.7 Å². The first-order chi connectivity index (χ1) is 13.0. The molecule has 154 valence electrons. The summed E-state index contributed by atoms with van der Waals surface area (Å²) in [4.78, 5) is 12.7. The Hall–Kier alpha value is -1.73. The van der Waals surface area contributed by atoms with Crippen molar-refractivity contribution in [2.45, 2.75) is 69.8 Å². The van der Waals surface area contributed by atoms with Gasteiger partial charge in [0.25, 0.3) is 5.91 Å². The molecule has 0 saturated heterocycles. The van der Waals surface area contributed by atoms with E-state index in [1.54, 1.807) is 0 Å². The summed E-state index contributed by atoms with van der Waals surface area (Å²) in [7, 11) is 0. The maximum absolute atomic E-state index is 13.3. The zero-order valence-electron chi connectivity index (χ0n) is 15.1. The molecule has 0 heterocycles. The molecular formula is C20H21F6NO. The van der Waals surface area contributed by atoms with E-state index in [2.05, 4.69) is 5.32 Å². The van der Waals surface area contributed by atoms with Gasteiger partial charge in [-0.05, 0) is 61.1 Å². The second kappa shape index (κ2) is 6.13. The number of halogens is 6. The molecular weight excluding hydrogens is 384 g/mol. The number of benzene rings is 1. The standard InChI is InChI=1S/C20H21F6NO/c21-19(22,23)12-5-6-13(14(10-12)20(24,25)26)16(28)27-15-4-3-9-18(15)11-17(18)7-1-2-8-17/h5-6,10,15H,1-4,7-9,11H2,(H,27,28)/t15-,18?/m0/s1. The Morgan fingerprint density at radius 3 is 2.25 bits per heavy atom. The summed E-state index contributed by atoms with van der Waals surface area (Å²) >= 11 is 0. The van der Waals surface area contributed by atoms with Gasteiger partial charge in [-0.1, -0.05) is 19.3 Å². The number of carbonyl (C=O) groups excluding carboxylic acids is 1. The highest BCUT2D eigenvalue weighted by Crippen LogP contribution is 2.77. The lowest BCUT2D eigenvalue weighted by molar-refractivity contribution is -0.143. The van der Waals surface area contributed by atoms with Crippen molar-refractivity contribution in [3.05, 3.63) is 34.9 Å². The van der Waals surface area contributed by atoms with Crippen LogP contribution < -0.4 is 5.32 Å². The Kier molecular flexibility index (Phi) is 4.29. The van der Waals surface area contributed by atoms with Crippen molar-refractivity contribution in [1.29, 1.82) is 0 Å². The van der Waals surface area contributed by atoms with Crippen molar-refractivity contribution in [2.75, 3.05) is 0 Å². The third-order valence-electron chi connectivity index (χ3n) is 7.13. The highest BCUT2D eigenvalue weighted by Gasteiger charge is 2.71. The fourth-order valence-electron chi connectivity index (χ4n) is 5.80. The molecule has 0 aromatic heterocycles. The lowest BCUT2D eigenvalue weighted by Gasteiger charge is -2.26. The molecule has 2 atom stereocenters. The number of hydrogen-bond acceptors (Lipinski definition) is 1. The van der Waals surface area contributed by atoms with Crippen molar-refractivity contribution in [3.8, 4) is 0 Å². The van der Waals surface area contributed by atoms with E-state index < -0.39 is 35.0 Å². The van der Waals surface area contributed by atoms with Crippen LogP contribution in [0.1, 0.15) is 72.9 Å². The Bertz CT molecular complexity index is 793. The van der Waals surface area contributed by atoms with Crippen molar-refractivity contribution < 1.29 is 31.1 Å². The molecule has 1 unspecified atom stereocenters. The summed E-state index contributed by atoms with van der Waals surface area (Å²) in [6.07, 6.45) is -1.94. The van der Waals surface area contributed by atoms with Crippen molar-refractivity contribution in [3.63, 3.8) is 0 Å². The Balaban J connectivity index is 1.60. The van der Waals surface area contributed by atoms with E-state index >= 15 is 0 Å². The molecule has 1 aromatic rings. The van der Waals surface area contributed by atoms with Crippen molar-refractivity contribution in [2.24, 2.45) is 10.8 Å². The molecule has 1 amide bonds. The minimum absolute atomic E-state index is 0.0227. The van der Waals surface area contributed by atoms with Gasteiger partial charge in [0, 0.05) is 6.04 Å². The average Bonchev–Trinajstić information content (AvgIpc) is 2.89. The van der Waals surface area contributed by atoms with E-state index in [-0.39, 0.29) is 22.9 Å². The van der Waals surface area contributed by atoms with Gasteiger partial charge in [-0.3, -0.25) is 4.79 Å². The number of nitrogens with one attached hydrogen (secondary N) is 1. The molecule has 4 rings (SSSR count). The first kappa shape index (κ1) is 19.6. The predicted molar refractivity (Wildman–Crippen MR) is 89.5 cm³/mol. The van der Waals surface area contributed by atoms with Crippen molar-refractivity contribution in [1.82, 2.24) is 5.32 Å². The van der Waals surface area contributed by atoms with E-state index in [1.807, 2.05) is 0 Å². The van der Waals surface area contributed by atoms with Crippen LogP contribution in [0.5, 0.6) is 0 Å². The first-order valence-corrected chi connectivity index (χ1v) is 9.58. The van der Waals surface area contributed by atoms with Crippen LogP contribution in [0, 0.1) is 10.8 Å². The normalized spacial score (nSPS) is 28.9. The van der Waals surface area contributed by atoms with E-state index in [0.29, 0.717) is 18.6 Å². The second-order valence-electron chi connectivity index (χ2n) is 8.49. The summed E-state index contributed by atoms with van der Waals surface area (Å²) in [5.41, 5.74) is -3.54. The van der Waals surface area contributed by atoms with E-state index in [9.17, 15) is 31.1 Å². The number of fused-ring (bicyclic) bond motifs is 1. The summed E-state index contributed by atoms with van der Waals surface area (Å²) < 4.78 is 78.5. The summed E-state index contributed by atoms with van der Waals surface area (Å²) in [6, 6.07) is 0.987. The molecule has 3 aliphatic carbocycles. The average molecular weight is 405 g/mol. The molecule has 28 heavy (non-hydrogen) atoms. The van der Waals surface area contributed by atoms with Crippen LogP contribution in [-0.2, 0) is 12.4 Å². The molecule has 0 aliphatic heterocycles. The van der Waals surface area contributed by atoms with E-state index in [0.717, 1.165) is 44.9 Å². The molecule has 3 aliphatic rings. The molecule has 2 nitrogen and oxygen atoms in total. The van der Waals surface area contributed by atoms with Gasteiger partial charge in [0.2, 0.25) is 0 Å². The van der Waals surface area contributed by atoms with Gasteiger partial charge in [-0.2, -0.15) is 26.3 Å². The Morgan fingerprint density at radius 1 is 0.964 bits per heavy atom. The lowest BCUT2D eigenvalue weighted by atomic mass is 9.86. The van der Waals surface area contributed by atoms with E-state index in [4.69, 9.17) is 0 Å². The highest BCUT2D eigenvalue weighted by atomic mass is 19.4. The molecule has 0 bridgehead atoms. The third kappa shape index (κ3) is 2.99. The van der Waals surface area contributed by atoms with Crippen LogP contribution in [-0.4, -0.2) is 11.9 Å². The van der Waals surface area contributed by atoms with Crippen LogP contribution in [0.3, 0.4) is 0 Å². The van der Waals surface area contributed by atoms with Crippen LogP contribution in [0.15, 0.2) is 18.2 Å². The van der Waals surface area contributed by atoms with Gasteiger partial charge in [-0.15, -0.1) is 0 Å². The molecule has 3 saturated carbocycles. The van der Waals surface area contributed by atoms with Gasteiger partial charge in [0.15, 0.2) is 0 Å². The number of amides is 1. The lowest BCUT2D eigenvalue weighted by Crippen LogP contribution is -2.41. The highest BCUT2D eigenvalue weighted by molar-refractivity contribution is 5.96. The fourth-order valence-corrected chi connectivity index (χ4v) is 5.80. The summed E-state index contributed by atoms with van der Waals surface area (Å²) in [5, 5.41) is 2.75. The molecule has 8 heteroatoms. The van der Waals surface area contributed by atoms with Crippen molar-refractivity contribution >= 4 is 5.91 Å². The topological polar surface area (TPSA) is 29.1 Å². The van der Waals surface area contributed by atoms with Gasteiger partial charge < -0.3 is 5.32 Å². The van der Waals surface area contributed by atoms with Crippen LogP contribution in [0.25, 0.3) is 0 Å². The summed E-state index contributed by atoms with van der Waals surface area (Å²) in [6.45, 7) is 0. The van der Waals surface area contributed by atoms with Gasteiger partial charge >= 0.3 is 12.4 Å². The SMILES string of the molecule is O=C(N[C@H]1CCCC12CC21CCCC1)c1ccc(C(F)(F)F)cc1C(F)(F)F. The molecule has 0 radical (unpaired) electrons. The van der Waals surface area contributed by atoms with Crippen LogP contribution in [0.2, 0.25) is 0 Å². The maximum Gasteiger partial charge on any atom is 0.417 e. The molecule has 1 aromatic carbocycles. The second-order valence-corrected chi connectivity index (χ2v) is 8.49. The first-order valence-electron chi connectivity index (χ1n) is 9.58. The molecule has 3 fully saturated rings. The molecule has 1 N–H and O–H groups in total. The number of carbonyl (C=O) groups is 1. The zero-order chi connectivity index (χ0) is 20.4. The third-order valence-corrected chi connectivity index (χ3v) is 7.13. The number of hydrogen-bond donors (Lipinski definition) is 1. The minimum atomic E-state index is -5.05. The van der Waals surface area contributed by atoms with Crippen LogP contribution >= 0.6 is 0 Å². The van der Waals surface area contributed by atoms with Crippen LogP contribution in [0.4, 0.5) is 26.3 Å². The monoisotopic (exact) mass is 405 g/mol. The predicted octanol–water partition coefficient (Wildman–Crippen LogP) is 5.96. The Labute approximate surface area is 158 Å². The largest absolute Gasteiger partial charge is 0.417 e. The smallest absolute Gasteiger partial charge is 0.349 e. The zero-order valence-corrected chi connectivity index (χ0v) is 15.1. The molecule has 2 spiro atoms. The maximum atomic E-state index is 13.3. The minimum Gasteiger partial charge on any atom is -0.349 e. The van der Waals surface area contributed by atoms with Gasteiger partial charge in [-0.25, -0.2) is 0 Å². The number of alkyl halides is 6. The quantitative estimate of drug-likeness (QED) is 0.605. The van der Waals surface area contributed by atoms with Gasteiger partial charge in [0.1, 0.15) is 0 Å². The number of rotatable bonds is 2. The fraction of sp³-hybridized carbons (Fsp3) is 0.650. The Morgan fingerprint density at radius 2 is 1.64 bits per heavy atom. The van der Waals surface area contributed by atoms with E-state index in [1.165, 1.54) is 0 Å². The summed E-state index contributed by atoms with van der Waals surface area (Å²) in [5.74, 6) is -0.938.